The molecule has 2 rings (SSSR count). The number of nitrogens with one attached hydrogen (secondary N) is 1. The Morgan fingerprint density at radius 1 is 1.35 bits per heavy atom. The number of rotatable bonds is 5. The number of allylic oxidation sites excluding steroid dienone is 1. The number of nitriles is 1. The van der Waals surface area contributed by atoms with Crippen molar-refractivity contribution in [1.82, 2.24) is 8.87 Å². The third-order valence-electron chi connectivity index (χ3n) is 3.97. The zero-order valence-corrected chi connectivity index (χ0v) is 16.2. The number of ketones is 1. The fourth-order valence-electron chi connectivity index (χ4n) is 2.47. The van der Waals surface area contributed by atoms with E-state index in [1.165, 1.54) is 0 Å². The van der Waals surface area contributed by atoms with E-state index in [4.69, 9.17) is 10.00 Å². The molecule has 1 aromatic rings. The number of aromatic nitrogens is 1. The summed E-state index contributed by atoms with van der Waals surface area (Å²) < 4.78 is 12.7. The molecule has 0 unspecified atom stereocenters. The van der Waals surface area contributed by atoms with Gasteiger partial charge < -0.3 is 14.0 Å². The lowest BCUT2D eigenvalue weighted by atomic mass is 10.1. The quantitative estimate of drug-likeness (QED) is 0.370. The molecule has 1 N–H and O–H groups in total. The molecule has 1 aromatic heterocycles. The first kappa shape index (κ1) is 20.0. The number of Topliss-reactive ketones (excluding diaryl/α,β-unsaturated/α-hetero) is 1. The number of hydrogen-bond acceptors (Lipinski definition) is 6. The molecule has 138 valence electrons. The molecule has 7 heteroatoms. The summed E-state index contributed by atoms with van der Waals surface area (Å²) in [6.07, 6.45) is 1.81. The van der Waals surface area contributed by atoms with Crippen LogP contribution in [0.4, 0.5) is 5.69 Å². The summed E-state index contributed by atoms with van der Waals surface area (Å²) in [7, 11) is 1.78. The SMILES string of the molecule is C=C(C#N)C(=O)c1cc(C)cc(C)c(NSN2CCOCC2)ccn1C. The minimum atomic E-state index is -0.371. The number of ether oxygens (including phenoxy) is 1. The van der Waals surface area contributed by atoms with Gasteiger partial charge in [0.15, 0.2) is 0 Å². The monoisotopic (exact) mass is 372 g/mol. The molecule has 0 aromatic carbocycles. The molecule has 0 amide bonds. The van der Waals surface area contributed by atoms with Crippen molar-refractivity contribution in [2.75, 3.05) is 31.0 Å². The van der Waals surface area contributed by atoms with Crippen LogP contribution in [0.5, 0.6) is 0 Å². The third kappa shape index (κ3) is 5.36. The van der Waals surface area contributed by atoms with Crippen LogP contribution in [-0.4, -0.2) is 41.0 Å². The van der Waals surface area contributed by atoms with E-state index < -0.39 is 0 Å². The molecule has 1 aliphatic rings. The van der Waals surface area contributed by atoms with Crippen LogP contribution in [0.3, 0.4) is 0 Å². The van der Waals surface area contributed by atoms with E-state index >= 15 is 0 Å². The second kappa shape index (κ2) is 9.43. The lowest BCUT2D eigenvalue weighted by Gasteiger charge is -2.25. The summed E-state index contributed by atoms with van der Waals surface area (Å²) in [5.74, 6) is -0.371. The van der Waals surface area contributed by atoms with Gasteiger partial charge in [-0.05, 0) is 37.1 Å². The Labute approximate surface area is 159 Å². The fraction of sp³-hybridized carbons (Fsp3) is 0.368. The molecule has 0 bridgehead atoms. The summed E-state index contributed by atoms with van der Waals surface area (Å²) in [5, 5.41) is 8.96. The number of nitrogens with zero attached hydrogens (tertiary/aromatic N) is 3. The van der Waals surface area contributed by atoms with Crippen molar-refractivity contribution < 1.29 is 9.53 Å². The summed E-state index contributed by atoms with van der Waals surface area (Å²) in [6.45, 7) is 10.7. The van der Waals surface area contributed by atoms with Gasteiger partial charge in [0.1, 0.15) is 6.07 Å². The molecule has 0 saturated carbocycles. The maximum Gasteiger partial charge on any atom is 0.219 e. The lowest BCUT2D eigenvalue weighted by Crippen LogP contribution is -2.32. The maximum atomic E-state index is 12.4. The van der Waals surface area contributed by atoms with Crippen LogP contribution in [-0.2, 0) is 11.8 Å². The van der Waals surface area contributed by atoms with E-state index in [1.807, 2.05) is 38.2 Å². The first-order valence-corrected chi connectivity index (χ1v) is 9.11. The van der Waals surface area contributed by atoms with E-state index in [-0.39, 0.29) is 11.4 Å². The average Bonchev–Trinajstić information content (AvgIpc) is 2.69. The predicted octanol–water partition coefficient (Wildman–Crippen LogP) is 3.34. The van der Waals surface area contributed by atoms with Crippen LogP contribution in [0.25, 0.3) is 0 Å². The fourth-order valence-corrected chi connectivity index (χ4v) is 3.26. The topological polar surface area (TPSA) is 70.3 Å². The van der Waals surface area contributed by atoms with E-state index in [1.54, 1.807) is 29.8 Å². The van der Waals surface area contributed by atoms with Gasteiger partial charge in [-0.15, -0.1) is 0 Å². The van der Waals surface area contributed by atoms with Crippen molar-refractivity contribution in [2.24, 2.45) is 7.05 Å². The van der Waals surface area contributed by atoms with E-state index in [0.717, 1.165) is 43.1 Å². The van der Waals surface area contributed by atoms with E-state index in [9.17, 15) is 4.79 Å². The van der Waals surface area contributed by atoms with Crippen LogP contribution in [0.1, 0.15) is 21.6 Å². The number of carbonyl (C=O) groups is 1. The molecule has 1 aliphatic heterocycles. The Morgan fingerprint density at radius 3 is 2.69 bits per heavy atom. The van der Waals surface area contributed by atoms with E-state index in [0.29, 0.717) is 5.69 Å². The minimum Gasteiger partial charge on any atom is -0.379 e. The molecule has 0 atom stereocenters. The molecule has 6 nitrogen and oxygen atoms in total. The standard InChI is InChI=1S/C19H24N4O2S/c1-14-11-15(2)17(21-26-23-7-9-25-10-8-23)5-6-22(4)18(12-14)19(24)16(3)13-20/h5-6,11-12,21H,3,7-10H2,1-2,4H3. The van der Waals surface area contributed by atoms with Crippen molar-refractivity contribution in [3.05, 3.63) is 53.4 Å². The summed E-state index contributed by atoms with van der Waals surface area (Å²) in [4.78, 5) is 12.4. The first-order valence-electron chi connectivity index (χ1n) is 8.33. The van der Waals surface area contributed by atoms with Crippen LogP contribution in [0.15, 0.2) is 36.5 Å². The molecule has 0 radical (unpaired) electrons. The minimum absolute atomic E-state index is 0.0746. The highest BCUT2D eigenvalue weighted by Crippen LogP contribution is 2.20. The Kier molecular flexibility index (Phi) is 7.27. The van der Waals surface area contributed by atoms with Crippen LogP contribution < -0.4 is 4.72 Å². The summed E-state index contributed by atoms with van der Waals surface area (Å²) >= 11 is 1.55. The van der Waals surface area contributed by atoms with Crippen LogP contribution in [0, 0.1) is 25.2 Å². The molecule has 0 spiro atoms. The van der Waals surface area contributed by atoms with Gasteiger partial charge in [0.05, 0.1) is 24.5 Å². The van der Waals surface area contributed by atoms with Gasteiger partial charge in [0.2, 0.25) is 5.78 Å². The number of morpholine rings is 1. The zero-order valence-electron chi connectivity index (χ0n) is 15.4. The van der Waals surface area contributed by atoms with Crippen molar-refractivity contribution in [1.29, 1.82) is 5.26 Å². The van der Waals surface area contributed by atoms with Gasteiger partial charge in [0.25, 0.3) is 0 Å². The number of hydrogen-bond donors (Lipinski definition) is 1. The van der Waals surface area contributed by atoms with Gasteiger partial charge in [-0.1, -0.05) is 12.6 Å². The first-order chi connectivity index (χ1) is 12.4. The Bertz CT molecular complexity index is 788. The molecule has 0 aliphatic carbocycles. The number of aryl methyl sites for hydroxylation is 3. The number of anilines is 1. The van der Waals surface area contributed by atoms with Crippen molar-refractivity contribution in [2.45, 2.75) is 13.8 Å². The highest BCUT2D eigenvalue weighted by molar-refractivity contribution is 7.98. The third-order valence-corrected chi connectivity index (χ3v) is 4.91. The molecular weight excluding hydrogens is 348 g/mol. The van der Waals surface area contributed by atoms with Crippen molar-refractivity contribution >= 4 is 23.6 Å². The van der Waals surface area contributed by atoms with Gasteiger partial charge in [-0.2, -0.15) is 5.26 Å². The largest absolute Gasteiger partial charge is 0.379 e. The average molecular weight is 372 g/mol. The van der Waals surface area contributed by atoms with Crippen LogP contribution >= 0.6 is 12.1 Å². The Balaban J connectivity index is 2.36. The van der Waals surface area contributed by atoms with Gasteiger partial charge in [-0.3, -0.25) is 4.79 Å². The van der Waals surface area contributed by atoms with Gasteiger partial charge in [0, 0.05) is 44.2 Å². The van der Waals surface area contributed by atoms with Gasteiger partial charge in [-0.25, -0.2) is 4.31 Å². The highest BCUT2D eigenvalue weighted by atomic mass is 32.2. The molecule has 26 heavy (non-hydrogen) atoms. The molecule has 2 heterocycles. The lowest BCUT2D eigenvalue weighted by molar-refractivity contribution is 0.0775. The maximum absolute atomic E-state index is 12.4. The molecule has 1 fully saturated rings. The van der Waals surface area contributed by atoms with Crippen molar-refractivity contribution in [3.8, 4) is 6.07 Å². The summed E-state index contributed by atoms with van der Waals surface area (Å²) in [6, 6.07) is 7.53. The van der Waals surface area contributed by atoms with Gasteiger partial charge >= 0.3 is 0 Å². The normalized spacial score (nSPS) is 14.2. The summed E-state index contributed by atoms with van der Waals surface area (Å²) in [5.41, 5.74) is 3.26. The van der Waals surface area contributed by atoms with E-state index in [2.05, 4.69) is 15.6 Å². The van der Waals surface area contributed by atoms with Crippen LogP contribution in [0.2, 0.25) is 0 Å². The molecular formula is C19H24N4O2S. The Morgan fingerprint density at radius 2 is 2.04 bits per heavy atom. The number of carbonyl (C=O) groups excluding carboxylic acids is 1. The predicted molar refractivity (Wildman–Crippen MR) is 105 cm³/mol. The second-order valence-electron chi connectivity index (χ2n) is 6.10. The highest BCUT2D eigenvalue weighted by Gasteiger charge is 2.13. The smallest absolute Gasteiger partial charge is 0.219 e. The molecule has 1 saturated heterocycles. The second-order valence-corrected chi connectivity index (χ2v) is 7.00. The van der Waals surface area contributed by atoms with Crippen molar-refractivity contribution in [3.63, 3.8) is 0 Å². The zero-order chi connectivity index (χ0) is 19.1. The Hall–Kier alpha value is -2.27.